The van der Waals surface area contributed by atoms with E-state index in [0.717, 1.165) is 0 Å². The van der Waals surface area contributed by atoms with Crippen molar-refractivity contribution < 1.29 is 9.90 Å². The summed E-state index contributed by atoms with van der Waals surface area (Å²) in [5.74, 6) is -0.909. The summed E-state index contributed by atoms with van der Waals surface area (Å²) in [6.07, 6.45) is 1.59. The SMILES string of the molecule is CC(C)(Cn1ccccc1=O)C(=O)O. The molecule has 4 heteroatoms. The van der Waals surface area contributed by atoms with Gasteiger partial charge in [-0.15, -0.1) is 0 Å². The molecule has 0 atom stereocenters. The van der Waals surface area contributed by atoms with Gasteiger partial charge in [0, 0.05) is 18.8 Å². The summed E-state index contributed by atoms with van der Waals surface area (Å²) in [6.45, 7) is 3.37. The van der Waals surface area contributed by atoms with Crippen molar-refractivity contribution in [2.75, 3.05) is 0 Å². The van der Waals surface area contributed by atoms with Crippen LogP contribution in [0.25, 0.3) is 0 Å². The minimum absolute atomic E-state index is 0.179. The molecule has 0 saturated carbocycles. The zero-order valence-corrected chi connectivity index (χ0v) is 8.23. The molecule has 1 rings (SSSR count). The van der Waals surface area contributed by atoms with Crippen LogP contribution in [0.4, 0.5) is 0 Å². The highest BCUT2D eigenvalue weighted by atomic mass is 16.4. The van der Waals surface area contributed by atoms with E-state index in [1.807, 2.05) is 0 Å². The quantitative estimate of drug-likeness (QED) is 0.781. The van der Waals surface area contributed by atoms with Gasteiger partial charge in [0.25, 0.3) is 5.56 Å². The number of aliphatic carboxylic acids is 1. The fourth-order valence-electron chi connectivity index (χ4n) is 1.08. The van der Waals surface area contributed by atoms with Crippen LogP contribution in [0.5, 0.6) is 0 Å². The summed E-state index contributed by atoms with van der Waals surface area (Å²) >= 11 is 0. The number of rotatable bonds is 3. The van der Waals surface area contributed by atoms with Crippen molar-refractivity contribution in [2.45, 2.75) is 20.4 Å². The molecule has 0 saturated heterocycles. The molecule has 0 spiro atoms. The molecule has 0 aliphatic heterocycles. The Morgan fingerprint density at radius 1 is 1.50 bits per heavy atom. The molecular formula is C10H13NO3. The van der Waals surface area contributed by atoms with Gasteiger partial charge in [-0.05, 0) is 19.9 Å². The number of aromatic nitrogens is 1. The predicted octanol–water partition coefficient (Wildman–Crippen LogP) is 0.959. The number of nitrogens with zero attached hydrogens (tertiary/aromatic N) is 1. The summed E-state index contributed by atoms with van der Waals surface area (Å²) in [5, 5.41) is 8.88. The van der Waals surface area contributed by atoms with Crippen molar-refractivity contribution in [3.8, 4) is 0 Å². The zero-order chi connectivity index (χ0) is 10.8. The van der Waals surface area contributed by atoms with Gasteiger partial charge in [-0.25, -0.2) is 0 Å². The Labute approximate surface area is 81.8 Å². The molecule has 4 nitrogen and oxygen atoms in total. The molecule has 0 bridgehead atoms. The van der Waals surface area contributed by atoms with Crippen LogP contribution in [0.1, 0.15) is 13.8 Å². The van der Waals surface area contributed by atoms with Gasteiger partial charge in [0.2, 0.25) is 0 Å². The maximum atomic E-state index is 11.3. The Bertz CT molecular complexity index is 392. The second-order valence-corrected chi connectivity index (χ2v) is 3.86. The molecule has 0 aromatic carbocycles. The standard InChI is InChI=1S/C10H13NO3/c1-10(2,9(13)14)7-11-6-4-3-5-8(11)12/h3-6H,7H2,1-2H3,(H,13,14). The summed E-state index contributed by atoms with van der Waals surface area (Å²) in [4.78, 5) is 22.1. The third-order valence-corrected chi connectivity index (χ3v) is 2.04. The largest absolute Gasteiger partial charge is 0.481 e. The molecule has 0 radical (unpaired) electrons. The van der Waals surface area contributed by atoms with Crippen LogP contribution in [0.3, 0.4) is 0 Å². The highest BCUT2D eigenvalue weighted by Gasteiger charge is 2.27. The smallest absolute Gasteiger partial charge is 0.310 e. The second-order valence-electron chi connectivity index (χ2n) is 3.86. The number of carboxylic acids is 1. The van der Waals surface area contributed by atoms with Crippen LogP contribution in [-0.2, 0) is 11.3 Å². The molecule has 0 unspecified atom stereocenters. The topological polar surface area (TPSA) is 59.3 Å². The highest BCUT2D eigenvalue weighted by molar-refractivity contribution is 5.73. The molecule has 0 aliphatic rings. The van der Waals surface area contributed by atoms with Crippen LogP contribution in [0.2, 0.25) is 0 Å². The van der Waals surface area contributed by atoms with Gasteiger partial charge < -0.3 is 9.67 Å². The zero-order valence-electron chi connectivity index (χ0n) is 8.23. The fourth-order valence-corrected chi connectivity index (χ4v) is 1.08. The van der Waals surface area contributed by atoms with Gasteiger partial charge in [0.1, 0.15) is 0 Å². The lowest BCUT2D eigenvalue weighted by atomic mass is 9.94. The highest BCUT2D eigenvalue weighted by Crippen LogP contribution is 2.16. The van der Waals surface area contributed by atoms with Crippen LogP contribution in [0.15, 0.2) is 29.2 Å². The molecule has 0 amide bonds. The van der Waals surface area contributed by atoms with Crippen LogP contribution >= 0.6 is 0 Å². The summed E-state index contributed by atoms with van der Waals surface area (Å²) in [6, 6.07) is 4.75. The minimum Gasteiger partial charge on any atom is -0.481 e. The lowest BCUT2D eigenvalue weighted by Crippen LogP contribution is -2.33. The van der Waals surface area contributed by atoms with E-state index in [9.17, 15) is 9.59 Å². The van der Waals surface area contributed by atoms with E-state index in [4.69, 9.17) is 5.11 Å². The fraction of sp³-hybridized carbons (Fsp3) is 0.400. The second kappa shape index (κ2) is 3.65. The van der Waals surface area contributed by atoms with Gasteiger partial charge in [-0.1, -0.05) is 6.07 Å². The number of hydrogen-bond donors (Lipinski definition) is 1. The van der Waals surface area contributed by atoms with Gasteiger partial charge in [-0.2, -0.15) is 0 Å². The Morgan fingerprint density at radius 2 is 2.14 bits per heavy atom. The normalized spacial score (nSPS) is 11.3. The Hall–Kier alpha value is -1.58. The third-order valence-electron chi connectivity index (χ3n) is 2.04. The Morgan fingerprint density at radius 3 is 2.64 bits per heavy atom. The summed E-state index contributed by atoms with van der Waals surface area (Å²) in [7, 11) is 0. The first kappa shape index (κ1) is 10.5. The molecule has 1 heterocycles. The van der Waals surface area contributed by atoms with Gasteiger partial charge in [0.05, 0.1) is 5.41 Å². The first-order chi connectivity index (χ1) is 6.43. The van der Waals surface area contributed by atoms with Crippen LogP contribution < -0.4 is 5.56 Å². The average molecular weight is 195 g/mol. The lowest BCUT2D eigenvalue weighted by Gasteiger charge is -2.19. The number of carboxylic acid groups (broad SMARTS) is 1. The van der Waals surface area contributed by atoms with Crippen molar-refractivity contribution in [3.05, 3.63) is 34.7 Å². The first-order valence-corrected chi connectivity index (χ1v) is 4.32. The van der Waals surface area contributed by atoms with E-state index < -0.39 is 11.4 Å². The van der Waals surface area contributed by atoms with Crippen molar-refractivity contribution in [2.24, 2.45) is 5.41 Å². The number of hydrogen-bond acceptors (Lipinski definition) is 2. The molecule has 0 fully saturated rings. The van der Waals surface area contributed by atoms with Crippen molar-refractivity contribution in [3.63, 3.8) is 0 Å². The molecule has 1 aromatic rings. The molecule has 0 aliphatic carbocycles. The Kier molecular flexibility index (Phi) is 2.74. The maximum Gasteiger partial charge on any atom is 0.310 e. The number of carbonyl (C=O) groups is 1. The minimum atomic E-state index is -0.925. The molecular weight excluding hydrogens is 182 g/mol. The summed E-state index contributed by atoms with van der Waals surface area (Å²) < 4.78 is 1.40. The molecule has 76 valence electrons. The first-order valence-electron chi connectivity index (χ1n) is 4.32. The van der Waals surface area contributed by atoms with Crippen molar-refractivity contribution in [1.29, 1.82) is 0 Å². The maximum absolute atomic E-state index is 11.3. The van der Waals surface area contributed by atoms with Crippen LogP contribution in [-0.4, -0.2) is 15.6 Å². The number of pyridine rings is 1. The molecule has 14 heavy (non-hydrogen) atoms. The molecule has 1 N–H and O–H groups in total. The summed E-state index contributed by atoms with van der Waals surface area (Å²) in [5.41, 5.74) is -1.10. The van der Waals surface area contributed by atoms with Crippen LogP contribution in [0, 0.1) is 5.41 Å². The monoisotopic (exact) mass is 195 g/mol. The van der Waals surface area contributed by atoms with E-state index in [2.05, 4.69) is 0 Å². The van der Waals surface area contributed by atoms with Crippen molar-refractivity contribution >= 4 is 5.97 Å². The van der Waals surface area contributed by atoms with E-state index in [0.29, 0.717) is 0 Å². The lowest BCUT2D eigenvalue weighted by molar-refractivity contribution is -0.147. The van der Waals surface area contributed by atoms with E-state index in [-0.39, 0.29) is 12.1 Å². The van der Waals surface area contributed by atoms with Crippen molar-refractivity contribution in [1.82, 2.24) is 4.57 Å². The predicted molar refractivity (Wildman–Crippen MR) is 52.1 cm³/mol. The van der Waals surface area contributed by atoms with Gasteiger partial charge >= 0.3 is 5.97 Å². The third kappa shape index (κ3) is 2.22. The average Bonchev–Trinajstić information content (AvgIpc) is 2.08. The molecule has 1 aromatic heterocycles. The Balaban J connectivity index is 2.95. The van der Waals surface area contributed by atoms with Gasteiger partial charge in [0.15, 0.2) is 0 Å². The van der Waals surface area contributed by atoms with Gasteiger partial charge in [-0.3, -0.25) is 9.59 Å². The van der Waals surface area contributed by atoms with E-state index in [1.54, 1.807) is 32.2 Å². The van der Waals surface area contributed by atoms with E-state index >= 15 is 0 Å². The van der Waals surface area contributed by atoms with E-state index in [1.165, 1.54) is 10.6 Å².